The average molecular weight is 283 g/mol. The number of nitrogens with one attached hydrogen (secondary N) is 1. The summed E-state index contributed by atoms with van der Waals surface area (Å²) in [7, 11) is 2.17. The van der Waals surface area contributed by atoms with E-state index in [-0.39, 0.29) is 12.6 Å². The zero-order valence-corrected chi connectivity index (χ0v) is 12.3. The van der Waals surface area contributed by atoms with Crippen LogP contribution in [0.1, 0.15) is 26.2 Å². The minimum atomic E-state index is -0.877. The molecule has 0 radical (unpaired) electrons. The summed E-state index contributed by atoms with van der Waals surface area (Å²) < 4.78 is 0. The van der Waals surface area contributed by atoms with E-state index in [0.717, 1.165) is 26.1 Å². The van der Waals surface area contributed by atoms with E-state index >= 15 is 0 Å². The number of carboxylic acids is 1. The third-order valence-electron chi connectivity index (χ3n) is 4.61. The van der Waals surface area contributed by atoms with Gasteiger partial charge in [0.2, 0.25) is 0 Å². The summed E-state index contributed by atoms with van der Waals surface area (Å²) in [6.45, 7) is 4.51. The second kappa shape index (κ2) is 6.43. The molecular weight excluding hydrogens is 258 g/mol. The standard InChI is InChI=1S/C14H25N3O3/c1-10(13(18)19)8-15-14(20)17-7-5-12-11(9-17)4-3-6-16(12)2/h10-12H,3-9H2,1-2H3,(H,15,20)(H,18,19). The number of carboxylic acid groups (broad SMARTS) is 1. The molecular formula is C14H25N3O3. The Hall–Kier alpha value is -1.30. The van der Waals surface area contributed by atoms with Crippen LogP contribution in [0, 0.1) is 11.8 Å². The van der Waals surface area contributed by atoms with Gasteiger partial charge in [-0.1, -0.05) is 6.92 Å². The number of fused-ring (bicyclic) bond motifs is 1. The molecule has 6 heteroatoms. The summed E-state index contributed by atoms with van der Waals surface area (Å²) in [4.78, 5) is 27.1. The van der Waals surface area contributed by atoms with Crippen LogP contribution >= 0.6 is 0 Å². The van der Waals surface area contributed by atoms with Crippen LogP contribution < -0.4 is 5.32 Å². The van der Waals surface area contributed by atoms with E-state index in [1.54, 1.807) is 6.92 Å². The van der Waals surface area contributed by atoms with E-state index in [0.29, 0.717) is 12.0 Å². The number of nitrogens with zero attached hydrogens (tertiary/aromatic N) is 2. The molecule has 2 rings (SSSR count). The Labute approximate surface area is 120 Å². The molecule has 0 saturated carbocycles. The molecule has 2 heterocycles. The maximum absolute atomic E-state index is 12.1. The minimum absolute atomic E-state index is 0.121. The summed E-state index contributed by atoms with van der Waals surface area (Å²) in [5.41, 5.74) is 0. The number of carbonyl (C=O) groups is 2. The van der Waals surface area contributed by atoms with Gasteiger partial charge in [0.05, 0.1) is 5.92 Å². The molecule has 0 spiro atoms. The summed E-state index contributed by atoms with van der Waals surface area (Å²) in [5, 5.41) is 11.6. The first kappa shape index (κ1) is 15.1. The third kappa shape index (κ3) is 3.42. The Morgan fingerprint density at radius 3 is 2.80 bits per heavy atom. The van der Waals surface area contributed by atoms with Crippen LogP contribution in [-0.2, 0) is 4.79 Å². The van der Waals surface area contributed by atoms with Crippen molar-refractivity contribution in [2.45, 2.75) is 32.2 Å². The topological polar surface area (TPSA) is 72.9 Å². The summed E-state index contributed by atoms with van der Waals surface area (Å²) in [5.74, 6) is -0.861. The fourth-order valence-electron chi connectivity index (χ4n) is 3.28. The number of hydrogen-bond acceptors (Lipinski definition) is 3. The second-order valence-electron chi connectivity index (χ2n) is 6.11. The highest BCUT2D eigenvalue weighted by molar-refractivity contribution is 5.76. The Morgan fingerprint density at radius 2 is 2.10 bits per heavy atom. The Morgan fingerprint density at radius 1 is 1.35 bits per heavy atom. The van der Waals surface area contributed by atoms with E-state index in [9.17, 15) is 9.59 Å². The lowest BCUT2D eigenvalue weighted by atomic mass is 9.84. The first-order valence-corrected chi connectivity index (χ1v) is 7.45. The number of rotatable bonds is 3. The molecule has 0 bridgehead atoms. The highest BCUT2D eigenvalue weighted by Gasteiger charge is 2.35. The van der Waals surface area contributed by atoms with Gasteiger partial charge >= 0.3 is 12.0 Å². The fraction of sp³-hybridized carbons (Fsp3) is 0.857. The predicted octanol–water partition coefficient (Wildman–Crippen LogP) is 0.833. The van der Waals surface area contributed by atoms with Gasteiger partial charge < -0.3 is 20.2 Å². The lowest BCUT2D eigenvalue weighted by molar-refractivity contribution is -0.140. The lowest BCUT2D eigenvalue weighted by Gasteiger charge is -2.45. The first-order chi connectivity index (χ1) is 9.49. The molecule has 2 saturated heterocycles. The molecule has 2 aliphatic heterocycles. The second-order valence-corrected chi connectivity index (χ2v) is 6.11. The smallest absolute Gasteiger partial charge is 0.317 e. The quantitative estimate of drug-likeness (QED) is 0.805. The maximum Gasteiger partial charge on any atom is 0.317 e. The number of amides is 2. The van der Waals surface area contributed by atoms with Crippen molar-refractivity contribution in [2.24, 2.45) is 11.8 Å². The van der Waals surface area contributed by atoms with Crippen LogP contribution in [0.4, 0.5) is 4.79 Å². The fourth-order valence-corrected chi connectivity index (χ4v) is 3.28. The van der Waals surface area contributed by atoms with Gasteiger partial charge in [0.1, 0.15) is 0 Å². The molecule has 0 aliphatic carbocycles. The lowest BCUT2D eigenvalue weighted by Crippen LogP contribution is -2.55. The van der Waals surface area contributed by atoms with Crippen molar-refractivity contribution >= 4 is 12.0 Å². The van der Waals surface area contributed by atoms with Crippen molar-refractivity contribution < 1.29 is 14.7 Å². The Kier molecular flexibility index (Phi) is 4.86. The van der Waals surface area contributed by atoms with Crippen molar-refractivity contribution in [1.29, 1.82) is 0 Å². The molecule has 0 aromatic carbocycles. The molecule has 2 aliphatic rings. The largest absolute Gasteiger partial charge is 0.481 e. The highest BCUT2D eigenvalue weighted by Crippen LogP contribution is 2.29. The number of hydrogen-bond donors (Lipinski definition) is 2. The van der Waals surface area contributed by atoms with Crippen molar-refractivity contribution in [3.8, 4) is 0 Å². The molecule has 3 atom stereocenters. The number of piperidine rings is 2. The van der Waals surface area contributed by atoms with Gasteiger partial charge in [-0.05, 0) is 38.8 Å². The molecule has 2 amide bonds. The minimum Gasteiger partial charge on any atom is -0.481 e. The average Bonchev–Trinajstić information content (AvgIpc) is 2.44. The molecule has 20 heavy (non-hydrogen) atoms. The van der Waals surface area contributed by atoms with Crippen LogP contribution in [0.2, 0.25) is 0 Å². The molecule has 0 aromatic rings. The molecule has 6 nitrogen and oxygen atoms in total. The van der Waals surface area contributed by atoms with Crippen LogP contribution in [0.5, 0.6) is 0 Å². The summed E-state index contributed by atoms with van der Waals surface area (Å²) >= 11 is 0. The van der Waals surface area contributed by atoms with E-state index in [1.807, 2.05) is 4.90 Å². The Bertz CT molecular complexity index is 375. The first-order valence-electron chi connectivity index (χ1n) is 7.45. The SMILES string of the molecule is CC(CNC(=O)N1CCC2C(CCCN2C)C1)C(=O)O. The summed E-state index contributed by atoms with van der Waals surface area (Å²) in [6.07, 6.45) is 3.40. The van der Waals surface area contributed by atoms with E-state index < -0.39 is 11.9 Å². The van der Waals surface area contributed by atoms with Crippen molar-refractivity contribution in [3.05, 3.63) is 0 Å². The van der Waals surface area contributed by atoms with Crippen LogP contribution in [0.15, 0.2) is 0 Å². The van der Waals surface area contributed by atoms with E-state index in [2.05, 4.69) is 17.3 Å². The van der Waals surface area contributed by atoms with Gasteiger partial charge in [-0.25, -0.2) is 4.79 Å². The van der Waals surface area contributed by atoms with E-state index in [1.165, 1.54) is 12.8 Å². The maximum atomic E-state index is 12.1. The zero-order valence-electron chi connectivity index (χ0n) is 12.3. The third-order valence-corrected chi connectivity index (χ3v) is 4.61. The molecule has 0 aromatic heterocycles. The van der Waals surface area contributed by atoms with Crippen LogP contribution in [0.25, 0.3) is 0 Å². The zero-order chi connectivity index (χ0) is 14.7. The van der Waals surface area contributed by atoms with Gasteiger partial charge in [-0.15, -0.1) is 0 Å². The summed E-state index contributed by atoms with van der Waals surface area (Å²) in [6, 6.07) is 0.482. The predicted molar refractivity (Wildman–Crippen MR) is 75.5 cm³/mol. The van der Waals surface area contributed by atoms with Crippen molar-refractivity contribution in [2.75, 3.05) is 33.2 Å². The van der Waals surface area contributed by atoms with Crippen LogP contribution in [0.3, 0.4) is 0 Å². The molecule has 3 unspecified atom stereocenters. The number of aliphatic carboxylic acids is 1. The Balaban J connectivity index is 1.82. The normalized spacial score (nSPS) is 28.6. The van der Waals surface area contributed by atoms with Crippen molar-refractivity contribution in [1.82, 2.24) is 15.1 Å². The van der Waals surface area contributed by atoms with Crippen LogP contribution in [-0.4, -0.2) is 66.2 Å². The van der Waals surface area contributed by atoms with Gasteiger partial charge in [0.15, 0.2) is 0 Å². The molecule has 114 valence electrons. The monoisotopic (exact) mass is 283 g/mol. The van der Waals surface area contributed by atoms with Crippen molar-refractivity contribution in [3.63, 3.8) is 0 Å². The van der Waals surface area contributed by atoms with Gasteiger partial charge in [0, 0.05) is 25.7 Å². The highest BCUT2D eigenvalue weighted by atomic mass is 16.4. The van der Waals surface area contributed by atoms with E-state index in [4.69, 9.17) is 5.11 Å². The molecule has 2 fully saturated rings. The number of likely N-dealkylation sites (tertiary alicyclic amines) is 2. The molecule has 2 N–H and O–H groups in total. The van der Waals surface area contributed by atoms with Gasteiger partial charge in [-0.2, -0.15) is 0 Å². The number of urea groups is 1. The van der Waals surface area contributed by atoms with Gasteiger partial charge in [-0.3, -0.25) is 4.79 Å². The number of carbonyl (C=O) groups excluding carboxylic acids is 1. The van der Waals surface area contributed by atoms with Gasteiger partial charge in [0.25, 0.3) is 0 Å².